The standard InChI is InChI=1S/C10H10BrFO3/c11-4-9(14)10(15)6-1-2-8(12)7(3-6)5-13/h1-3,5,9-10,14-15H,4H2. The van der Waals surface area contributed by atoms with Crippen molar-refractivity contribution in [3.8, 4) is 0 Å². The average molecular weight is 277 g/mol. The van der Waals surface area contributed by atoms with E-state index >= 15 is 0 Å². The van der Waals surface area contributed by atoms with Gasteiger partial charge in [0.1, 0.15) is 11.9 Å². The third kappa shape index (κ3) is 2.84. The first kappa shape index (κ1) is 12.3. The van der Waals surface area contributed by atoms with Crippen LogP contribution in [0.4, 0.5) is 4.39 Å². The number of halogens is 2. The van der Waals surface area contributed by atoms with Crippen molar-refractivity contribution in [2.45, 2.75) is 12.2 Å². The third-order valence-electron chi connectivity index (χ3n) is 2.01. The molecule has 1 aromatic rings. The number of alkyl halides is 1. The third-order valence-corrected chi connectivity index (χ3v) is 2.67. The van der Waals surface area contributed by atoms with Crippen molar-refractivity contribution in [3.63, 3.8) is 0 Å². The van der Waals surface area contributed by atoms with Crippen molar-refractivity contribution in [1.82, 2.24) is 0 Å². The first-order chi connectivity index (χ1) is 7.10. The van der Waals surface area contributed by atoms with Crippen molar-refractivity contribution in [2.24, 2.45) is 0 Å². The second-order valence-electron chi connectivity index (χ2n) is 3.07. The van der Waals surface area contributed by atoms with Gasteiger partial charge in [0, 0.05) is 5.33 Å². The molecule has 3 nitrogen and oxygen atoms in total. The lowest BCUT2D eigenvalue weighted by atomic mass is 10.0. The summed E-state index contributed by atoms with van der Waals surface area (Å²) >= 11 is 3.01. The van der Waals surface area contributed by atoms with Gasteiger partial charge in [0.05, 0.1) is 11.7 Å². The monoisotopic (exact) mass is 276 g/mol. The van der Waals surface area contributed by atoms with E-state index < -0.39 is 18.0 Å². The van der Waals surface area contributed by atoms with Crippen LogP contribution in [0.15, 0.2) is 18.2 Å². The Kier molecular flexibility index (Phi) is 4.38. The summed E-state index contributed by atoms with van der Waals surface area (Å²) in [6.45, 7) is 0. The molecule has 0 aromatic heterocycles. The summed E-state index contributed by atoms with van der Waals surface area (Å²) in [5.41, 5.74) is 0.179. The molecule has 1 rings (SSSR count). The van der Waals surface area contributed by atoms with Crippen LogP contribution in [0.1, 0.15) is 22.0 Å². The zero-order valence-corrected chi connectivity index (χ0v) is 9.32. The quantitative estimate of drug-likeness (QED) is 0.646. The van der Waals surface area contributed by atoms with Crippen LogP contribution in [-0.2, 0) is 0 Å². The molecule has 0 aliphatic carbocycles. The van der Waals surface area contributed by atoms with Gasteiger partial charge in [0.2, 0.25) is 0 Å². The van der Waals surface area contributed by atoms with E-state index in [1.165, 1.54) is 12.1 Å². The summed E-state index contributed by atoms with van der Waals surface area (Å²) in [4.78, 5) is 10.4. The van der Waals surface area contributed by atoms with Gasteiger partial charge in [-0.1, -0.05) is 22.0 Å². The van der Waals surface area contributed by atoms with Crippen molar-refractivity contribution in [1.29, 1.82) is 0 Å². The van der Waals surface area contributed by atoms with Crippen LogP contribution in [0.5, 0.6) is 0 Å². The number of rotatable bonds is 4. The van der Waals surface area contributed by atoms with Gasteiger partial charge in [-0.25, -0.2) is 4.39 Å². The van der Waals surface area contributed by atoms with E-state index in [-0.39, 0.29) is 10.9 Å². The normalized spacial score (nSPS) is 14.7. The lowest BCUT2D eigenvalue weighted by Gasteiger charge is -2.16. The van der Waals surface area contributed by atoms with Crippen LogP contribution in [0.3, 0.4) is 0 Å². The highest BCUT2D eigenvalue weighted by molar-refractivity contribution is 9.09. The first-order valence-corrected chi connectivity index (χ1v) is 5.39. The summed E-state index contributed by atoms with van der Waals surface area (Å²) in [5, 5.41) is 19.1. The minimum Gasteiger partial charge on any atom is -0.389 e. The minimum absolute atomic E-state index is 0.131. The Morgan fingerprint density at radius 1 is 1.47 bits per heavy atom. The van der Waals surface area contributed by atoms with Crippen LogP contribution in [0, 0.1) is 5.82 Å². The number of hydrogen-bond acceptors (Lipinski definition) is 3. The molecule has 1 aromatic carbocycles. The fraction of sp³-hybridized carbons (Fsp3) is 0.300. The van der Waals surface area contributed by atoms with E-state index in [2.05, 4.69) is 15.9 Å². The van der Waals surface area contributed by atoms with Gasteiger partial charge in [0.25, 0.3) is 0 Å². The van der Waals surface area contributed by atoms with E-state index in [0.29, 0.717) is 11.8 Å². The summed E-state index contributed by atoms with van der Waals surface area (Å²) < 4.78 is 12.9. The summed E-state index contributed by atoms with van der Waals surface area (Å²) in [5.74, 6) is -0.644. The number of carbonyl (C=O) groups excluding carboxylic acids is 1. The predicted octanol–water partition coefficient (Wildman–Crippen LogP) is 1.43. The number of hydrogen-bond donors (Lipinski definition) is 2. The van der Waals surface area contributed by atoms with Crippen LogP contribution in [-0.4, -0.2) is 27.9 Å². The van der Waals surface area contributed by atoms with Gasteiger partial charge in [0.15, 0.2) is 6.29 Å². The van der Waals surface area contributed by atoms with Gasteiger partial charge < -0.3 is 10.2 Å². The molecule has 2 N–H and O–H groups in total. The maximum atomic E-state index is 12.9. The minimum atomic E-state index is -1.14. The molecule has 2 atom stereocenters. The number of benzene rings is 1. The highest BCUT2D eigenvalue weighted by Crippen LogP contribution is 2.20. The average Bonchev–Trinajstić information content (AvgIpc) is 2.27. The Hall–Kier alpha value is -0.780. The largest absolute Gasteiger partial charge is 0.389 e. The summed E-state index contributed by atoms with van der Waals surface area (Å²) in [7, 11) is 0. The van der Waals surface area contributed by atoms with Crippen LogP contribution in [0.2, 0.25) is 0 Å². The molecule has 2 unspecified atom stereocenters. The van der Waals surface area contributed by atoms with E-state index in [1.54, 1.807) is 0 Å². The van der Waals surface area contributed by atoms with Gasteiger partial charge in [-0.15, -0.1) is 0 Å². The molecule has 0 aliphatic rings. The number of carbonyl (C=O) groups is 1. The van der Waals surface area contributed by atoms with Crippen LogP contribution >= 0.6 is 15.9 Å². The maximum absolute atomic E-state index is 12.9. The van der Waals surface area contributed by atoms with Crippen molar-refractivity contribution in [3.05, 3.63) is 35.1 Å². The second kappa shape index (κ2) is 5.34. The van der Waals surface area contributed by atoms with E-state index in [1.807, 2.05) is 0 Å². The number of aliphatic hydroxyl groups excluding tert-OH is 2. The maximum Gasteiger partial charge on any atom is 0.153 e. The highest BCUT2D eigenvalue weighted by Gasteiger charge is 2.18. The van der Waals surface area contributed by atoms with Gasteiger partial charge >= 0.3 is 0 Å². The summed E-state index contributed by atoms with van der Waals surface area (Å²) in [6.07, 6.45) is -1.76. The lowest BCUT2D eigenvalue weighted by molar-refractivity contribution is 0.0342. The zero-order valence-electron chi connectivity index (χ0n) is 7.73. The molecule has 5 heteroatoms. The van der Waals surface area contributed by atoms with E-state index in [4.69, 9.17) is 0 Å². The van der Waals surface area contributed by atoms with Crippen molar-refractivity contribution in [2.75, 3.05) is 5.33 Å². The highest BCUT2D eigenvalue weighted by atomic mass is 79.9. The Morgan fingerprint density at radius 3 is 2.67 bits per heavy atom. The van der Waals surface area contributed by atoms with Gasteiger partial charge in [-0.3, -0.25) is 4.79 Å². The molecule has 0 aliphatic heterocycles. The van der Waals surface area contributed by atoms with Crippen molar-refractivity contribution < 1.29 is 19.4 Å². The molecule has 82 valence electrons. The molecule has 15 heavy (non-hydrogen) atoms. The molecular weight excluding hydrogens is 267 g/mol. The molecule has 0 amide bonds. The van der Waals surface area contributed by atoms with E-state index in [0.717, 1.165) is 6.07 Å². The fourth-order valence-corrected chi connectivity index (χ4v) is 1.50. The van der Waals surface area contributed by atoms with Gasteiger partial charge in [-0.2, -0.15) is 0 Å². The molecular formula is C10H10BrFO3. The Balaban J connectivity index is 3.00. The molecule has 0 radical (unpaired) electrons. The Bertz CT molecular complexity index is 357. The fourth-order valence-electron chi connectivity index (χ4n) is 1.14. The predicted molar refractivity (Wildman–Crippen MR) is 56.5 cm³/mol. The second-order valence-corrected chi connectivity index (χ2v) is 3.71. The van der Waals surface area contributed by atoms with Crippen molar-refractivity contribution >= 4 is 22.2 Å². The van der Waals surface area contributed by atoms with Gasteiger partial charge in [-0.05, 0) is 17.7 Å². The lowest BCUT2D eigenvalue weighted by Crippen LogP contribution is -2.19. The molecule has 0 bridgehead atoms. The molecule has 0 saturated carbocycles. The van der Waals surface area contributed by atoms with Crippen LogP contribution < -0.4 is 0 Å². The zero-order chi connectivity index (χ0) is 11.4. The van der Waals surface area contributed by atoms with Crippen LogP contribution in [0.25, 0.3) is 0 Å². The van der Waals surface area contributed by atoms with E-state index in [9.17, 15) is 19.4 Å². The Morgan fingerprint density at radius 2 is 2.13 bits per heavy atom. The topological polar surface area (TPSA) is 57.5 Å². The smallest absolute Gasteiger partial charge is 0.153 e. The molecule has 0 fully saturated rings. The number of aliphatic hydroxyl groups is 2. The molecule has 0 heterocycles. The SMILES string of the molecule is O=Cc1cc(C(O)C(O)CBr)ccc1F. The Labute approximate surface area is 94.7 Å². The number of aldehydes is 1. The first-order valence-electron chi connectivity index (χ1n) is 4.27. The molecule has 0 spiro atoms. The molecule has 0 saturated heterocycles. The summed E-state index contributed by atoms with van der Waals surface area (Å²) in [6, 6.07) is 3.64.